The number of rotatable bonds is 6. The van der Waals surface area contributed by atoms with Gasteiger partial charge in [0.05, 0.1) is 12.4 Å². The fourth-order valence-corrected chi connectivity index (χ4v) is 3.26. The van der Waals surface area contributed by atoms with Crippen LogP contribution in [0, 0.1) is 0 Å². The first-order valence-electron chi connectivity index (χ1n) is 7.57. The van der Waals surface area contributed by atoms with Crippen LogP contribution >= 0.6 is 11.2 Å². The summed E-state index contributed by atoms with van der Waals surface area (Å²) in [6, 6.07) is 5.83. The number of amides is 1. The topological polar surface area (TPSA) is 58.8 Å². The second-order valence-electron chi connectivity index (χ2n) is 5.69. The Hall–Kier alpha value is -1.45. The minimum Gasteiger partial charge on any atom is -0.383 e. The number of hydrogen-bond donors (Lipinski definition) is 1. The van der Waals surface area contributed by atoms with Gasteiger partial charge in [-0.15, -0.1) is 11.7 Å². The number of piperazine rings is 1. The molecule has 2 N–H and O–H groups in total. The Morgan fingerprint density at radius 3 is 2.54 bits per heavy atom. The monoisotopic (exact) mass is 365 g/mol. The molecule has 1 aliphatic heterocycles. The summed E-state index contributed by atoms with van der Waals surface area (Å²) in [5.41, 5.74) is 6.78. The molecule has 9 heteroatoms. The summed E-state index contributed by atoms with van der Waals surface area (Å²) >= 11 is -5.06. The molecule has 24 heavy (non-hydrogen) atoms. The van der Waals surface area contributed by atoms with Crippen molar-refractivity contribution >= 4 is 22.8 Å². The lowest BCUT2D eigenvalue weighted by atomic mass is 10.2. The molecule has 2 rings (SSSR count). The highest BCUT2D eigenvalue weighted by molar-refractivity contribution is 8.20. The number of nitrogens with two attached hydrogens (primary N) is 1. The molecule has 0 spiro atoms. The van der Waals surface area contributed by atoms with E-state index >= 15 is 0 Å². The summed E-state index contributed by atoms with van der Waals surface area (Å²) in [5, 5.41) is 0. The molecule has 1 aromatic carbocycles. The van der Waals surface area contributed by atoms with E-state index in [-0.39, 0.29) is 18.1 Å². The number of carbonyl (C=O) groups excluding carboxylic acids is 1. The van der Waals surface area contributed by atoms with Crippen molar-refractivity contribution in [2.75, 3.05) is 44.8 Å². The smallest absolute Gasteiger partial charge is 0.241 e. The van der Waals surface area contributed by atoms with E-state index in [1.807, 2.05) is 4.90 Å². The molecular weight excluding hydrogens is 343 g/mol. The van der Waals surface area contributed by atoms with Gasteiger partial charge in [0.1, 0.15) is 6.04 Å². The van der Waals surface area contributed by atoms with Crippen LogP contribution in [0.4, 0.5) is 17.3 Å². The Balaban J connectivity index is 1.95. The number of ether oxygens (including phenoxy) is 1. The zero-order valence-electron chi connectivity index (χ0n) is 13.5. The van der Waals surface area contributed by atoms with Crippen LogP contribution in [0.25, 0.3) is 0 Å². The lowest BCUT2D eigenvalue weighted by molar-refractivity contribution is -0.134. The SMILES string of the molecule is COC[C@@H](N)C(=O)N1CCN(c2cccc(CS(F)(F)F)c2)CC1. The van der Waals surface area contributed by atoms with Gasteiger partial charge in [0.2, 0.25) is 17.1 Å². The number of halogens is 3. The molecule has 0 aromatic heterocycles. The molecule has 0 unspecified atom stereocenters. The van der Waals surface area contributed by atoms with E-state index in [1.165, 1.54) is 13.2 Å². The highest BCUT2D eigenvalue weighted by Crippen LogP contribution is 2.56. The largest absolute Gasteiger partial charge is 0.383 e. The molecule has 0 saturated carbocycles. The van der Waals surface area contributed by atoms with Gasteiger partial charge in [0.25, 0.3) is 0 Å². The Bertz CT molecular complexity index is 563. The summed E-state index contributed by atoms with van der Waals surface area (Å²) in [6.45, 7) is 2.28. The van der Waals surface area contributed by atoms with Crippen LogP contribution in [0.2, 0.25) is 0 Å². The molecule has 1 atom stereocenters. The quantitative estimate of drug-likeness (QED) is 0.840. The molecule has 1 fully saturated rings. The molecule has 0 radical (unpaired) electrons. The zero-order valence-corrected chi connectivity index (χ0v) is 14.3. The van der Waals surface area contributed by atoms with Crippen LogP contribution in [-0.4, -0.2) is 56.7 Å². The van der Waals surface area contributed by atoms with Crippen LogP contribution in [0.1, 0.15) is 5.56 Å². The Kier molecular flexibility index (Phi) is 6.36. The van der Waals surface area contributed by atoms with Gasteiger partial charge in [-0.25, -0.2) is 0 Å². The number of carbonyl (C=O) groups is 1. The maximum atomic E-state index is 12.6. The third-order valence-corrected chi connectivity index (χ3v) is 4.52. The Morgan fingerprint density at radius 1 is 1.29 bits per heavy atom. The molecule has 1 heterocycles. The molecule has 5 nitrogen and oxygen atoms in total. The average Bonchev–Trinajstić information content (AvgIpc) is 2.53. The van der Waals surface area contributed by atoms with Gasteiger partial charge in [-0.05, 0) is 17.7 Å². The summed E-state index contributed by atoms with van der Waals surface area (Å²) < 4.78 is 42.7. The van der Waals surface area contributed by atoms with Crippen molar-refractivity contribution in [3.05, 3.63) is 29.8 Å². The van der Waals surface area contributed by atoms with Crippen LogP contribution in [0.5, 0.6) is 0 Å². The van der Waals surface area contributed by atoms with Crippen molar-refractivity contribution in [1.82, 2.24) is 4.90 Å². The maximum absolute atomic E-state index is 12.6. The number of anilines is 1. The zero-order chi connectivity index (χ0) is 17.7. The number of benzene rings is 1. The summed E-state index contributed by atoms with van der Waals surface area (Å²) in [4.78, 5) is 15.8. The van der Waals surface area contributed by atoms with Crippen molar-refractivity contribution in [2.45, 2.75) is 11.8 Å². The maximum Gasteiger partial charge on any atom is 0.241 e. The summed E-state index contributed by atoms with van der Waals surface area (Å²) in [5.74, 6) is -1.02. The third kappa shape index (κ3) is 5.29. The van der Waals surface area contributed by atoms with E-state index in [1.54, 1.807) is 23.1 Å². The standard InChI is InChI=1S/C15H22F3N3O2S/c1-23-10-14(19)15(22)21-7-5-20(6-8-21)13-4-2-3-12(9-13)11-24(16,17)18/h2-4,9,14H,5-8,10-11,19H2,1H3/t14-/m1/s1. The second-order valence-corrected chi connectivity index (χ2v) is 6.98. The van der Waals surface area contributed by atoms with Crippen LogP contribution in [0.3, 0.4) is 0 Å². The van der Waals surface area contributed by atoms with Crippen LogP contribution < -0.4 is 10.6 Å². The van der Waals surface area contributed by atoms with Crippen molar-refractivity contribution in [1.29, 1.82) is 0 Å². The van der Waals surface area contributed by atoms with Crippen molar-refractivity contribution in [2.24, 2.45) is 5.73 Å². The predicted octanol–water partition coefficient (Wildman–Crippen LogP) is 2.27. The van der Waals surface area contributed by atoms with Gasteiger partial charge >= 0.3 is 0 Å². The second kappa shape index (κ2) is 8.09. The lowest BCUT2D eigenvalue weighted by Crippen LogP contribution is -2.54. The van der Waals surface area contributed by atoms with E-state index in [0.29, 0.717) is 26.2 Å². The van der Waals surface area contributed by atoms with Crippen LogP contribution in [0.15, 0.2) is 24.3 Å². The van der Waals surface area contributed by atoms with Crippen molar-refractivity contribution in [3.8, 4) is 0 Å². The third-order valence-electron chi connectivity index (χ3n) is 3.86. The molecule has 0 bridgehead atoms. The van der Waals surface area contributed by atoms with E-state index < -0.39 is 23.0 Å². The normalized spacial score (nSPS) is 17.7. The molecular formula is C15H22F3N3O2S. The number of nitrogens with zero attached hydrogens (tertiary/aromatic N) is 2. The highest BCUT2D eigenvalue weighted by Gasteiger charge is 2.26. The minimum atomic E-state index is -5.06. The molecule has 1 saturated heterocycles. The first-order chi connectivity index (χ1) is 11.3. The molecule has 1 aliphatic rings. The van der Waals surface area contributed by atoms with E-state index in [9.17, 15) is 16.5 Å². The fraction of sp³-hybridized carbons (Fsp3) is 0.533. The average molecular weight is 365 g/mol. The van der Waals surface area contributed by atoms with Crippen molar-refractivity contribution < 1.29 is 21.2 Å². The van der Waals surface area contributed by atoms with Gasteiger partial charge < -0.3 is 20.3 Å². The number of methoxy groups -OCH3 is 1. The summed E-state index contributed by atoms with van der Waals surface area (Å²) in [7, 11) is 1.49. The van der Waals surface area contributed by atoms with Gasteiger partial charge in [0, 0.05) is 39.0 Å². The van der Waals surface area contributed by atoms with Crippen molar-refractivity contribution in [3.63, 3.8) is 0 Å². The van der Waals surface area contributed by atoms with E-state index in [4.69, 9.17) is 10.5 Å². The molecule has 0 aliphatic carbocycles. The predicted molar refractivity (Wildman–Crippen MR) is 89.7 cm³/mol. The van der Waals surface area contributed by atoms with Gasteiger partial charge in [-0.2, -0.15) is 0 Å². The Morgan fingerprint density at radius 2 is 1.96 bits per heavy atom. The van der Waals surface area contributed by atoms with Crippen LogP contribution in [-0.2, 0) is 15.3 Å². The lowest BCUT2D eigenvalue weighted by Gasteiger charge is -2.37. The highest BCUT2D eigenvalue weighted by atomic mass is 32.3. The molecule has 1 amide bonds. The number of hydrogen-bond acceptors (Lipinski definition) is 4. The van der Waals surface area contributed by atoms with E-state index in [0.717, 1.165) is 5.69 Å². The fourth-order valence-electron chi connectivity index (χ4n) is 2.70. The Labute approximate surface area is 141 Å². The minimum absolute atomic E-state index is 0.161. The first kappa shape index (κ1) is 18.9. The van der Waals surface area contributed by atoms with Gasteiger partial charge in [-0.1, -0.05) is 12.1 Å². The van der Waals surface area contributed by atoms with Gasteiger partial charge in [-0.3, -0.25) is 4.79 Å². The van der Waals surface area contributed by atoms with Gasteiger partial charge in [0.15, 0.2) is 0 Å². The molecule has 1 aromatic rings. The first-order valence-corrected chi connectivity index (χ1v) is 9.07. The molecule has 136 valence electrons. The van der Waals surface area contributed by atoms with E-state index in [2.05, 4.69) is 0 Å². The summed E-state index contributed by atoms with van der Waals surface area (Å²) in [6.07, 6.45) is 0.